The standard InChI is InChI=1S/C24H34N4O3.C4H6O.C2H7N/c1-16(15-28-8-12-31-13-9-28)22-19(14-20(25)18-4-2-3-5-21(18)29)24(26)27-23(22)17-6-10-30-11-7-17;1-3-4(2)5;1-3-2/h2-5,14,16-17,27,29H,6-13,15,25-26H2,1H3;3H,1H2,2H3;3H,1-2H3/b20-14-;;. The summed E-state index contributed by atoms with van der Waals surface area (Å²) in [5.41, 5.74) is 17.4. The highest BCUT2D eigenvalue weighted by Gasteiger charge is 2.28. The minimum absolute atomic E-state index is 0.0185. The number of aromatic amines is 1. The van der Waals surface area contributed by atoms with E-state index in [1.54, 1.807) is 12.1 Å². The lowest BCUT2D eigenvalue weighted by molar-refractivity contribution is -0.112. The number of nitrogens with two attached hydrogens (primary N) is 2. The fraction of sp³-hybridized carbons (Fsp3) is 0.500. The maximum absolute atomic E-state index is 10.2. The summed E-state index contributed by atoms with van der Waals surface area (Å²) in [5, 5.41) is 13.0. The second-order valence-electron chi connectivity index (χ2n) is 9.91. The second kappa shape index (κ2) is 16.8. The number of aromatic hydroxyl groups is 1. The molecule has 0 bridgehead atoms. The predicted octanol–water partition coefficient (Wildman–Crippen LogP) is 3.69. The number of H-pyrrole nitrogens is 1. The monoisotopic (exact) mass is 541 g/mol. The summed E-state index contributed by atoms with van der Waals surface area (Å²) in [6.07, 6.45) is 5.15. The Morgan fingerprint density at radius 1 is 1.21 bits per heavy atom. The number of anilines is 1. The molecule has 9 nitrogen and oxygen atoms in total. The minimum atomic E-state index is 0.0185. The van der Waals surface area contributed by atoms with Gasteiger partial charge >= 0.3 is 0 Å². The number of hydrogen-bond donors (Lipinski definition) is 5. The smallest absolute Gasteiger partial charge is 0.152 e. The lowest BCUT2D eigenvalue weighted by Crippen LogP contribution is -2.38. The highest BCUT2D eigenvalue weighted by molar-refractivity contribution is 5.87. The lowest BCUT2D eigenvalue weighted by Gasteiger charge is -2.30. The zero-order valence-electron chi connectivity index (χ0n) is 24.0. The van der Waals surface area contributed by atoms with Crippen LogP contribution in [0.5, 0.6) is 5.75 Å². The number of rotatable bonds is 7. The van der Waals surface area contributed by atoms with Crippen LogP contribution in [-0.4, -0.2) is 80.9 Å². The molecule has 4 rings (SSSR count). The molecule has 0 radical (unpaired) electrons. The first kappa shape index (κ1) is 32.1. The van der Waals surface area contributed by atoms with Crippen molar-refractivity contribution in [2.24, 2.45) is 5.73 Å². The number of phenolic OH excluding ortho intramolecular Hbond substituents is 1. The van der Waals surface area contributed by atoms with E-state index < -0.39 is 0 Å². The lowest BCUT2D eigenvalue weighted by atomic mass is 9.87. The van der Waals surface area contributed by atoms with Crippen LogP contribution in [-0.2, 0) is 14.3 Å². The number of carbonyl (C=O) groups is 1. The van der Waals surface area contributed by atoms with E-state index in [9.17, 15) is 9.90 Å². The van der Waals surface area contributed by atoms with Gasteiger partial charge in [0.25, 0.3) is 0 Å². The van der Waals surface area contributed by atoms with Gasteiger partial charge in [0.05, 0.1) is 13.2 Å². The Morgan fingerprint density at radius 2 is 1.77 bits per heavy atom. The Kier molecular flexibility index (Phi) is 13.8. The molecule has 0 spiro atoms. The van der Waals surface area contributed by atoms with Crippen LogP contribution in [0.15, 0.2) is 36.9 Å². The van der Waals surface area contributed by atoms with Gasteiger partial charge in [-0.25, -0.2) is 0 Å². The van der Waals surface area contributed by atoms with Gasteiger partial charge in [-0.15, -0.1) is 0 Å². The Hall–Kier alpha value is -3.11. The molecule has 2 aliphatic heterocycles. The molecule has 216 valence electrons. The molecular formula is C30H47N5O4. The predicted molar refractivity (Wildman–Crippen MR) is 160 cm³/mol. The number of aromatic nitrogens is 1. The summed E-state index contributed by atoms with van der Waals surface area (Å²) < 4.78 is 11.1. The summed E-state index contributed by atoms with van der Waals surface area (Å²) in [5.74, 6) is 1.48. The zero-order valence-corrected chi connectivity index (χ0v) is 24.0. The van der Waals surface area contributed by atoms with E-state index in [1.807, 2.05) is 32.3 Å². The molecule has 2 fully saturated rings. The third kappa shape index (κ3) is 9.85. The third-order valence-corrected chi connectivity index (χ3v) is 6.70. The van der Waals surface area contributed by atoms with Gasteiger partial charge in [-0.3, -0.25) is 9.69 Å². The molecule has 0 aliphatic carbocycles. The number of benzene rings is 1. The molecule has 3 heterocycles. The number of para-hydroxylation sites is 1. The number of nitrogens with one attached hydrogen (secondary N) is 2. The van der Waals surface area contributed by atoms with Crippen molar-refractivity contribution in [2.75, 3.05) is 65.9 Å². The van der Waals surface area contributed by atoms with E-state index in [2.05, 4.69) is 28.7 Å². The van der Waals surface area contributed by atoms with Crippen molar-refractivity contribution in [3.8, 4) is 5.75 Å². The molecule has 2 aliphatic rings. The van der Waals surface area contributed by atoms with E-state index in [0.717, 1.165) is 64.5 Å². The van der Waals surface area contributed by atoms with E-state index in [1.165, 1.54) is 24.3 Å². The second-order valence-corrected chi connectivity index (χ2v) is 9.91. The summed E-state index contributed by atoms with van der Waals surface area (Å²) >= 11 is 0. The maximum Gasteiger partial charge on any atom is 0.152 e. The van der Waals surface area contributed by atoms with Gasteiger partial charge in [-0.2, -0.15) is 0 Å². The molecule has 1 atom stereocenters. The Balaban J connectivity index is 0.000000590. The highest BCUT2D eigenvalue weighted by Crippen LogP contribution is 2.39. The quantitative estimate of drug-likeness (QED) is 0.335. The Bertz CT molecular complexity index is 1070. The first-order valence-corrected chi connectivity index (χ1v) is 13.6. The molecule has 9 heteroatoms. The number of hydrogen-bond acceptors (Lipinski definition) is 8. The van der Waals surface area contributed by atoms with Crippen LogP contribution in [0.4, 0.5) is 5.82 Å². The molecule has 7 N–H and O–H groups in total. The van der Waals surface area contributed by atoms with Crippen molar-refractivity contribution >= 4 is 23.4 Å². The van der Waals surface area contributed by atoms with Gasteiger partial charge in [0, 0.05) is 61.3 Å². The number of phenols is 1. The van der Waals surface area contributed by atoms with Crippen LogP contribution in [0.2, 0.25) is 0 Å². The molecule has 39 heavy (non-hydrogen) atoms. The summed E-state index contributed by atoms with van der Waals surface area (Å²) in [6, 6.07) is 7.12. The van der Waals surface area contributed by atoms with Crippen molar-refractivity contribution < 1.29 is 19.4 Å². The van der Waals surface area contributed by atoms with E-state index in [0.29, 0.717) is 23.0 Å². The van der Waals surface area contributed by atoms with Crippen molar-refractivity contribution in [1.29, 1.82) is 0 Å². The van der Waals surface area contributed by atoms with Crippen molar-refractivity contribution in [3.05, 3.63) is 59.3 Å². The van der Waals surface area contributed by atoms with Gasteiger partial charge in [0.15, 0.2) is 5.78 Å². The molecule has 1 aromatic heterocycles. The van der Waals surface area contributed by atoms with Crippen LogP contribution in [0.1, 0.15) is 60.9 Å². The third-order valence-electron chi connectivity index (χ3n) is 6.70. The van der Waals surface area contributed by atoms with Crippen LogP contribution >= 0.6 is 0 Å². The Labute approximate surface area is 233 Å². The van der Waals surface area contributed by atoms with Crippen molar-refractivity contribution in [2.45, 2.75) is 38.5 Å². The fourth-order valence-electron chi connectivity index (χ4n) is 4.78. The van der Waals surface area contributed by atoms with Crippen LogP contribution in [0.3, 0.4) is 0 Å². The largest absolute Gasteiger partial charge is 0.507 e. The van der Waals surface area contributed by atoms with Gasteiger partial charge in [0.2, 0.25) is 0 Å². The SMILES string of the molecule is C=CC(C)=O.CC(CN1CCOCC1)c1c(C2CCOCC2)[nH]c(N)c1/C=C(\N)c1ccccc1O.CNC. The minimum Gasteiger partial charge on any atom is -0.507 e. The number of carbonyl (C=O) groups excluding carboxylic acids is 1. The van der Waals surface area contributed by atoms with Crippen LogP contribution < -0.4 is 16.8 Å². The summed E-state index contributed by atoms with van der Waals surface area (Å²) in [4.78, 5) is 15.6. The zero-order chi connectivity index (χ0) is 28.8. The number of allylic oxidation sites excluding steroid dienone is 1. The molecule has 1 unspecified atom stereocenters. The summed E-state index contributed by atoms with van der Waals surface area (Å²) in [7, 11) is 3.75. The molecule has 0 saturated carbocycles. The molecule has 2 saturated heterocycles. The van der Waals surface area contributed by atoms with Gasteiger partial charge < -0.3 is 36.3 Å². The molecule has 0 amide bonds. The van der Waals surface area contributed by atoms with E-state index in [4.69, 9.17) is 20.9 Å². The first-order chi connectivity index (χ1) is 18.7. The van der Waals surface area contributed by atoms with Gasteiger partial charge in [0.1, 0.15) is 11.6 Å². The van der Waals surface area contributed by atoms with E-state index in [-0.39, 0.29) is 17.5 Å². The molecular weight excluding hydrogens is 494 g/mol. The number of ketones is 1. The topological polar surface area (TPSA) is 139 Å². The number of nitrogens with zero attached hydrogens (tertiary/aromatic N) is 1. The fourth-order valence-corrected chi connectivity index (χ4v) is 4.78. The molecule has 2 aromatic rings. The number of morpholine rings is 1. The van der Waals surface area contributed by atoms with Crippen LogP contribution in [0.25, 0.3) is 11.8 Å². The van der Waals surface area contributed by atoms with Crippen molar-refractivity contribution in [1.82, 2.24) is 15.2 Å². The number of nitrogen functional groups attached to an aromatic ring is 1. The summed E-state index contributed by atoms with van der Waals surface area (Å²) in [6.45, 7) is 12.9. The van der Waals surface area contributed by atoms with Crippen molar-refractivity contribution in [3.63, 3.8) is 0 Å². The Morgan fingerprint density at radius 3 is 2.33 bits per heavy atom. The maximum atomic E-state index is 10.2. The van der Waals surface area contributed by atoms with E-state index >= 15 is 0 Å². The highest BCUT2D eigenvalue weighted by atomic mass is 16.5. The number of ether oxygens (including phenoxy) is 2. The average molecular weight is 542 g/mol. The average Bonchev–Trinajstić information content (AvgIpc) is 3.26. The normalized spacial score (nSPS) is 17.3. The van der Waals surface area contributed by atoms with Crippen LogP contribution in [0, 0.1) is 0 Å². The first-order valence-electron chi connectivity index (χ1n) is 13.6. The van der Waals surface area contributed by atoms with Gasteiger partial charge in [-0.05, 0) is 69.6 Å². The molecule has 1 aromatic carbocycles. The van der Waals surface area contributed by atoms with Gasteiger partial charge in [-0.1, -0.05) is 25.6 Å².